The van der Waals surface area contributed by atoms with Crippen molar-refractivity contribution in [3.05, 3.63) is 57.1 Å². The number of benzene rings is 2. The normalized spacial score (nSPS) is 11.6. The molecular weight excluding hydrogens is 554 g/mol. The number of hydrogen-bond acceptors (Lipinski definition) is 6. The lowest BCUT2D eigenvalue weighted by molar-refractivity contribution is -0.143. The van der Waals surface area contributed by atoms with Crippen molar-refractivity contribution in [1.29, 1.82) is 0 Å². The lowest BCUT2D eigenvalue weighted by Crippen LogP contribution is -2.21. The van der Waals surface area contributed by atoms with E-state index in [1.165, 1.54) is 32.9 Å². The number of amides is 1. The van der Waals surface area contributed by atoms with Gasteiger partial charge in [0.05, 0.1) is 32.7 Å². The number of nitrogens with zero attached hydrogens (tertiary/aromatic N) is 4. The number of carbonyl (C=O) groups is 2. The average Bonchev–Trinajstić information content (AvgIpc) is 3.27. The zero-order valence-electron chi connectivity index (χ0n) is 19.4. The monoisotopic (exact) mass is 571 g/mol. The Balaban J connectivity index is 1.72. The SMILES string of the molecule is Cc1cc(C(F)(F)F)cc(-n2nnnc2SCC(=O)Nc2ccc(C#CC(C)(C)C(=O)O)cc2Cl)c1Cl. The van der Waals surface area contributed by atoms with Gasteiger partial charge in [-0.2, -0.15) is 17.9 Å². The fourth-order valence-electron chi connectivity index (χ4n) is 2.78. The van der Waals surface area contributed by atoms with E-state index < -0.39 is 29.0 Å². The molecule has 0 aliphatic carbocycles. The molecule has 1 heterocycles. The molecule has 0 spiro atoms. The van der Waals surface area contributed by atoms with Crippen LogP contribution < -0.4 is 5.32 Å². The van der Waals surface area contributed by atoms with Crippen molar-refractivity contribution in [2.75, 3.05) is 11.1 Å². The highest BCUT2D eigenvalue weighted by molar-refractivity contribution is 7.99. The van der Waals surface area contributed by atoms with Crippen LogP contribution in [0, 0.1) is 24.2 Å². The maximum absolute atomic E-state index is 13.3. The second kappa shape index (κ2) is 11.0. The molecule has 0 saturated heterocycles. The largest absolute Gasteiger partial charge is 0.480 e. The Morgan fingerprint density at radius 2 is 1.89 bits per heavy atom. The van der Waals surface area contributed by atoms with Crippen LogP contribution in [-0.2, 0) is 15.8 Å². The minimum Gasteiger partial charge on any atom is -0.480 e. The lowest BCUT2D eigenvalue weighted by atomic mass is 9.94. The summed E-state index contributed by atoms with van der Waals surface area (Å²) < 4.78 is 40.8. The molecule has 0 fully saturated rings. The molecule has 0 aliphatic rings. The van der Waals surface area contributed by atoms with Crippen molar-refractivity contribution in [2.24, 2.45) is 5.41 Å². The Morgan fingerprint density at radius 3 is 2.51 bits per heavy atom. The predicted octanol–water partition coefficient (Wildman–Crippen LogP) is 5.49. The van der Waals surface area contributed by atoms with E-state index in [4.69, 9.17) is 28.3 Å². The minimum atomic E-state index is -4.60. The van der Waals surface area contributed by atoms with E-state index in [2.05, 4.69) is 32.7 Å². The third-order valence-corrected chi connectivity index (χ3v) is 6.59. The van der Waals surface area contributed by atoms with Gasteiger partial charge < -0.3 is 10.4 Å². The maximum atomic E-state index is 13.3. The molecule has 1 aromatic heterocycles. The number of tetrazole rings is 1. The van der Waals surface area contributed by atoms with Crippen molar-refractivity contribution >= 4 is 52.5 Å². The number of carbonyl (C=O) groups excluding carboxylic acids is 1. The molecule has 8 nitrogen and oxygen atoms in total. The minimum absolute atomic E-state index is 0.0355. The molecule has 37 heavy (non-hydrogen) atoms. The van der Waals surface area contributed by atoms with E-state index in [1.807, 2.05) is 0 Å². The van der Waals surface area contributed by atoms with Gasteiger partial charge in [-0.3, -0.25) is 9.59 Å². The Hall–Kier alpha value is -3.27. The topological polar surface area (TPSA) is 110 Å². The molecule has 3 rings (SSSR count). The van der Waals surface area contributed by atoms with Gasteiger partial charge in [0.15, 0.2) is 0 Å². The molecule has 3 aromatic rings. The summed E-state index contributed by atoms with van der Waals surface area (Å²) in [4.78, 5) is 23.7. The van der Waals surface area contributed by atoms with Gasteiger partial charge in [0.25, 0.3) is 0 Å². The molecule has 14 heteroatoms. The number of aromatic nitrogens is 4. The summed E-state index contributed by atoms with van der Waals surface area (Å²) in [5.74, 6) is 3.63. The zero-order valence-corrected chi connectivity index (χ0v) is 21.8. The third kappa shape index (κ3) is 6.94. The first kappa shape index (κ1) is 28.3. The molecule has 0 bridgehead atoms. The molecule has 0 radical (unpaired) electrons. The second-order valence-corrected chi connectivity index (χ2v) is 9.94. The van der Waals surface area contributed by atoms with Gasteiger partial charge >= 0.3 is 12.1 Å². The number of rotatable bonds is 6. The summed E-state index contributed by atoms with van der Waals surface area (Å²) in [5, 5.41) is 23.0. The van der Waals surface area contributed by atoms with Crippen LogP contribution in [0.5, 0.6) is 0 Å². The standard InChI is InChI=1S/C23H18Cl2F3N5O3S/c1-12-8-14(23(26,27)28)10-17(19(12)25)33-21(30-31-32-33)37-11-18(34)29-16-5-4-13(9-15(16)24)6-7-22(2,3)20(35)36/h4-5,8-10H,11H2,1-3H3,(H,29,34)(H,35,36). The predicted molar refractivity (Wildman–Crippen MR) is 133 cm³/mol. The van der Waals surface area contributed by atoms with E-state index in [-0.39, 0.29) is 37.9 Å². The van der Waals surface area contributed by atoms with Crippen LogP contribution in [0.2, 0.25) is 10.0 Å². The summed E-state index contributed by atoms with van der Waals surface area (Å²) in [5.41, 5.74) is -1.31. The van der Waals surface area contributed by atoms with Crippen molar-refractivity contribution in [3.63, 3.8) is 0 Å². The number of hydrogen-bond donors (Lipinski definition) is 2. The Kier molecular flexibility index (Phi) is 8.42. The van der Waals surface area contributed by atoms with Crippen LogP contribution >= 0.6 is 35.0 Å². The number of halogens is 5. The van der Waals surface area contributed by atoms with Crippen molar-refractivity contribution in [2.45, 2.75) is 32.1 Å². The van der Waals surface area contributed by atoms with E-state index in [0.717, 1.165) is 28.6 Å². The van der Waals surface area contributed by atoms with Gasteiger partial charge in [-0.05, 0) is 67.1 Å². The zero-order chi connectivity index (χ0) is 27.5. The van der Waals surface area contributed by atoms with Crippen molar-refractivity contribution < 1.29 is 27.9 Å². The molecule has 0 aliphatic heterocycles. The van der Waals surface area contributed by atoms with E-state index in [9.17, 15) is 22.8 Å². The summed E-state index contributed by atoms with van der Waals surface area (Å²) in [6.45, 7) is 4.36. The highest BCUT2D eigenvalue weighted by Gasteiger charge is 2.32. The Labute approximate surface area is 223 Å². The van der Waals surface area contributed by atoms with E-state index in [1.54, 1.807) is 6.07 Å². The first-order valence-corrected chi connectivity index (χ1v) is 12.1. The molecule has 0 atom stereocenters. The number of nitrogens with one attached hydrogen (secondary N) is 1. The Morgan fingerprint density at radius 1 is 1.19 bits per heavy atom. The molecule has 1 amide bonds. The number of aliphatic carboxylic acids is 1. The Bertz CT molecular complexity index is 1430. The van der Waals surface area contributed by atoms with E-state index in [0.29, 0.717) is 5.56 Å². The van der Waals surface area contributed by atoms with E-state index >= 15 is 0 Å². The number of aryl methyl sites for hydroxylation is 1. The number of carboxylic acid groups (broad SMARTS) is 1. The van der Waals surface area contributed by atoms with Crippen LogP contribution in [0.1, 0.15) is 30.5 Å². The van der Waals surface area contributed by atoms with Crippen molar-refractivity contribution in [3.8, 4) is 17.5 Å². The van der Waals surface area contributed by atoms with Gasteiger partial charge in [0.1, 0.15) is 5.41 Å². The molecule has 194 valence electrons. The first-order valence-electron chi connectivity index (χ1n) is 10.3. The summed E-state index contributed by atoms with van der Waals surface area (Å²) in [7, 11) is 0. The number of carboxylic acids is 1. The van der Waals surface area contributed by atoms with Crippen LogP contribution in [0.15, 0.2) is 35.5 Å². The first-order chi connectivity index (χ1) is 17.2. The average molecular weight is 572 g/mol. The third-order valence-electron chi connectivity index (χ3n) is 4.86. The number of thioether (sulfide) groups is 1. The molecule has 0 saturated carbocycles. The molecule has 2 N–H and O–H groups in total. The fourth-order valence-corrected chi connectivity index (χ4v) is 3.88. The van der Waals surface area contributed by atoms with Crippen LogP contribution in [0.3, 0.4) is 0 Å². The van der Waals surface area contributed by atoms with Crippen LogP contribution in [0.25, 0.3) is 5.69 Å². The van der Waals surface area contributed by atoms with Gasteiger partial charge in [0.2, 0.25) is 11.1 Å². The molecule has 2 aromatic carbocycles. The lowest BCUT2D eigenvalue weighted by Gasteiger charge is -2.13. The van der Waals surface area contributed by atoms with Crippen molar-refractivity contribution in [1.82, 2.24) is 20.2 Å². The molecule has 0 unspecified atom stereocenters. The second-order valence-electron chi connectivity index (χ2n) is 8.21. The maximum Gasteiger partial charge on any atom is 0.416 e. The fraction of sp³-hybridized carbons (Fsp3) is 0.261. The smallest absolute Gasteiger partial charge is 0.416 e. The molecular formula is C23H18Cl2F3N5O3S. The number of alkyl halides is 3. The summed E-state index contributed by atoms with van der Waals surface area (Å²) >= 11 is 13.3. The number of anilines is 1. The van der Waals surface area contributed by atoms with Gasteiger partial charge in [-0.1, -0.05) is 46.8 Å². The van der Waals surface area contributed by atoms with Crippen LogP contribution in [0.4, 0.5) is 18.9 Å². The summed E-state index contributed by atoms with van der Waals surface area (Å²) in [6, 6.07) is 6.31. The quantitative estimate of drug-likeness (QED) is 0.297. The van der Waals surface area contributed by atoms with Gasteiger partial charge in [-0.15, -0.1) is 5.10 Å². The van der Waals surface area contributed by atoms with Gasteiger partial charge in [-0.25, -0.2) is 0 Å². The van der Waals surface area contributed by atoms with Crippen LogP contribution in [-0.4, -0.2) is 42.9 Å². The highest BCUT2D eigenvalue weighted by atomic mass is 35.5. The summed E-state index contributed by atoms with van der Waals surface area (Å²) in [6.07, 6.45) is -4.60. The van der Waals surface area contributed by atoms with Gasteiger partial charge in [0, 0.05) is 5.56 Å². The highest BCUT2D eigenvalue weighted by Crippen LogP contribution is 2.36.